The van der Waals surface area contributed by atoms with Crippen molar-refractivity contribution >= 4 is 5.82 Å². The number of nitrogen functional groups attached to an aromatic ring is 1. The molecule has 0 atom stereocenters. The maximum atomic E-state index is 11.7. The van der Waals surface area contributed by atoms with Gasteiger partial charge in [0.1, 0.15) is 5.82 Å². The summed E-state index contributed by atoms with van der Waals surface area (Å²) in [6.45, 7) is 1.64. The van der Waals surface area contributed by atoms with Crippen LogP contribution in [0.5, 0.6) is 5.88 Å². The van der Waals surface area contributed by atoms with Crippen molar-refractivity contribution < 1.29 is 17.9 Å². The largest absolute Gasteiger partial charge is 0.574 e. The number of halogens is 3. The first-order valence-corrected chi connectivity index (χ1v) is 3.37. The lowest BCUT2D eigenvalue weighted by Gasteiger charge is -2.08. The lowest BCUT2D eigenvalue weighted by atomic mass is 10.3. The third kappa shape index (κ3) is 2.81. The highest BCUT2D eigenvalue weighted by molar-refractivity contribution is 5.40. The van der Waals surface area contributed by atoms with E-state index in [2.05, 4.69) is 9.72 Å². The van der Waals surface area contributed by atoms with Crippen molar-refractivity contribution in [1.82, 2.24) is 4.98 Å². The van der Waals surface area contributed by atoms with Crippen molar-refractivity contribution in [2.75, 3.05) is 5.73 Å². The molecular weight excluding hydrogens is 185 g/mol. The Morgan fingerprint density at radius 3 is 2.46 bits per heavy atom. The Labute approximate surface area is 72.3 Å². The summed E-state index contributed by atoms with van der Waals surface area (Å²) in [6, 6.07) is 2.52. The summed E-state index contributed by atoms with van der Waals surface area (Å²) in [7, 11) is 0. The fourth-order valence-corrected chi connectivity index (χ4v) is 0.701. The molecule has 0 aromatic carbocycles. The lowest BCUT2D eigenvalue weighted by molar-refractivity contribution is -0.276. The van der Waals surface area contributed by atoms with E-state index in [9.17, 15) is 13.2 Å². The molecule has 3 nitrogen and oxygen atoms in total. The van der Waals surface area contributed by atoms with Crippen LogP contribution < -0.4 is 10.5 Å². The monoisotopic (exact) mass is 192 g/mol. The van der Waals surface area contributed by atoms with Gasteiger partial charge in [-0.1, -0.05) is 6.07 Å². The van der Waals surface area contributed by atoms with Crippen LogP contribution in [0.2, 0.25) is 0 Å². The fraction of sp³-hybridized carbons (Fsp3) is 0.286. The zero-order chi connectivity index (χ0) is 10.1. The van der Waals surface area contributed by atoms with Gasteiger partial charge < -0.3 is 10.5 Å². The average Bonchev–Trinajstić information content (AvgIpc) is 1.94. The molecular formula is C7H7F3N2O. The predicted molar refractivity (Wildman–Crippen MR) is 40.1 cm³/mol. The summed E-state index contributed by atoms with van der Waals surface area (Å²) >= 11 is 0. The molecule has 0 aliphatic heterocycles. The molecule has 1 aromatic rings. The molecule has 0 unspecified atom stereocenters. The van der Waals surface area contributed by atoms with Gasteiger partial charge in [-0.25, -0.2) is 0 Å². The van der Waals surface area contributed by atoms with Crippen LogP contribution in [0, 0.1) is 6.92 Å². The fourth-order valence-electron chi connectivity index (χ4n) is 0.701. The Bertz CT molecular complexity index is 311. The van der Waals surface area contributed by atoms with Crippen molar-refractivity contribution in [2.45, 2.75) is 13.3 Å². The summed E-state index contributed by atoms with van der Waals surface area (Å²) in [4.78, 5) is 3.39. The van der Waals surface area contributed by atoms with Crippen LogP contribution in [0.25, 0.3) is 0 Å². The molecule has 0 radical (unpaired) electrons. The molecule has 1 heterocycles. The number of anilines is 1. The maximum absolute atomic E-state index is 11.7. The van der Waals surface area contributed by atoms with E-state index in [0.29, 0.717) is 5.56 Å². The molecule has 0 saturated carbocycles. The van der Waals surface area contributed by atoms with Gasteiger partial charge in [0.05, 0.1) is 0 Å². The predicted octanol–water partition coefficient (Wildman–Crippen LogP) is 1.87. The number of pyridine rings is 1. The number of alkyl halides is 3. The second-order valence-corrected chi connectivity index (χ2v) is 2.40. The quantitative estimate of drug-likeness (QED) is 0.738. The van der Waals surface area contributed by atoms with Crippen LogP contribution in [0.4, 0.5) is 19.0 Å². The van der Waals surface area contributed by atoms with Gasteiger partial charge in [0.2, 0.25) is 5.88 Å². The van der Waals surface area contributed by atoms with Crippen molar-refractivity contribution in [3.63, 3.8) is 0 Å². The third-order valence-electron chi connectivity index (χ3n) is 1.33. The van der Waals surface area contributed by atoms with Gasteiger partial charge in [-0.15, -0.1) is 13.2 Å². The van der Waals surface area contributed by atoms with Crippen LogP contribution in [0.3, 0.4) is 0 Å². The van der Waals surface area contributed by atoms with Gasteiger partial charge >= 0.3 is 6.36 Å². The summed E-state index contributed by atoms with van der Waals surface area (Å²) in [6.07, 6.45) is -4.73. The first kappa shape index (κ1) is 9.63. The second-order valence-electron chi connectivity index (χ2n) is 2.40. The van der Waals surface area contributed by atoms with E-state index in [1.165, 1.54) is 6.07 Å². The molecule has 1 aromatic heterocycles. The van der Waals surface area contributed by atoms with Crippen molar-refractivity contribution in [2.24, 2.45) is 0 Å². The summed E-state index contributed by atoms with van der Waals surface area (Å²) in [5.41, 5.74) is 5.89. The number of hydrogen-bond donors (Lipinski definition) is 1. The smallest absolute Gasteiger partial charge is 0.388 e. The molecule has 13 heavy (non-hydrogen) atoms. The molecule has 0 bridgehead atoms. The zero-order valence-electron chi connectivity index (χ0n) is 6.72. The Morgan fingerprint density at radius 2 is 2.00 bits per heavy atom. The Hall–Kier alpha value is -1.46. The van der Waals surface area contributed by atoms with Crippen molar-refractivity contribution in [3.8, 4) is 5.88 Å². The third-order valence-corrected chi connectivity index (χ3v) is 1.33. The highest BCUT2D eigenvalue weighted by Crippen LogP contribution is 2.22. The molecule has 0 aliphatic rings. The minimum Gasteiger partial charge on any atom is -0.388 e. The number of nitrogens with two attached hydrogens (primary N) is 1. The van der Waals surface area contributed by atoms with E-state index in [4.69, 9.17) is 5.73 Å². The lowest BCUT2D eigenvalue weighted by Crippen LogP contribution is -2.18. The van der Waals surface area contributed by atoms with Crippen LogP contribution in [-0.4, -0.2) is 11.3 Å². The number of aryl methyl sites for hydroxylation is 1. The summed E-state index contributed by atoms with van der Waals surface area (Å²) in [5, 5.41) is 0. The summed E-state index contributed by atoms with van der Waals surface area (Å²) < 4.78 is 38.6. The Kier molecular flexibility index (Phi) is 2.31. The maximum Gasteiger partial charge on any atom is 0.574 e. The van der Waals surface area contributed by atoms with Crippen molar-refractivity contribution in [1.29, 1.82) is 0 Å². The molecule has 0 fully saturated rings. The first-order valence-electron chi connectivity index (χ1n) is 3.37. The molecule has 72 valence electrons. The van der Waals surface area contributed by atoms with E-state index in [1.807, 2.05) is 0 Å². The van der Waals surface area contributed by atoms with Gasteiger partial charge in [0.15, 0.2) is 0 Å². The van der Waals surface area contributed by atoms with E-state index in [1.54, 1.807) is 6.92 Å². The Morgan fingerprint density at radius 1 is 1.38 bits per heavy atom. The molecule has 6 heteroatoms. The van der Waals surface area contributed by atoms with Crippen LogP contribution >= 0.6 is 0 Å². The van der Waals surface area contributed by atoms with Crippen molar-refractivity contribution in [3.05, 3.63) is 17.7 Å². The van der Waals surface area contributed by atoms with Gasteiger partial charge in [-0.05, 0) is 12.5 Å². The van der Waals surface area contributed by atoms with Crippen LogP contribution in [-0.2, 0) is 0 Å². The SMILES string of the molecule is Cc1ccc(OC(F)(F)F)nc1N. The van der Waals surface area contributed by atoms with E-state index in [-0.39, 0.29) is 5.82 Å². The zero-order valence-corrected chi connectivity index (χ0v) is 6.72. The number of ether oxygens (including phenoxy) is 1. The minimum atomic E-state index is -4.73. The van der Waals surface area contributed by atoms with E-state index < -0.39 is 12.2 Å². The molecule has 0 aliphatic carbocycles. The summed E-state index contributed by atoms with van der Waals surface area (Å²) in [5.74, 6) is -0.516. The van der Waals surface area contributed by atoms with E-state index in [0.717, 1.165) is 6.07 Å². The van der Waals surface area contributed by atoms with Gasteiger partial charge in [-0.3, -0.25) is 0 Å². The van der Waals surface area contributed by atoms with Gasteiger partial charge in [-0.2, -0.15) is 4.98 Å². The van der Waals surface area contributed by atoms with Gasteiger partial charge in [0, 0.05) is 6.07 Å². The Balaban J connectivity index is 2.86. The normalized spacial score (nSPS) is 11.4. The average molecular weight is 192 g/mol. The molecule has 0 amide bonds. The van der Waals surface area contributed by atoms with E-state index >= 15 is 0 Å². The molecule has 1 rings (SSSR count). The number of aromatic nitrogens is 1. The standard InChI is InChI=1S/C7H7F3N2O/c1-4-2-3-5(12-6(4)11)13-7(8,9)10/h2-3H,1H3,(H2,11,12). The molecule has 0 saturated heterocycles. The number of rotatable bonds is 1. The first-order chi connectivity index (χ1) is 5.88. The minimum absolute atomic E-state index is 0.0294. The number of nitrogens with zero attached hydrogens (tertiary/aromatic N) is 1. The highest BCUT2D eigenvalue weighted by atomic mass is 19.4. The van der Waals surface area contributed by atoms with Gasteiger partial charge in [0.25, 0.3) is 0 Å². The topological polar surface area (TPSA) is 48.1 Å². The molecule has 2 N–H and O–H groups in total. The highest BCUT2D eigenvalue weighted by Gasteiger charge is 2.31. The van der Waals surface area contributed by atoms with Crippen LogP contribution in [0.1, 0.15) is 5.56 Å². The second kappa shape index (κ2) is 3.12. The number of hydrogen-bond acceptors (Lipinski definition) is 3. The molecule has 0 spiro atoms. The van der Waals surface area contributed by atoms with Crippen LogP contribution in [0.15, 0.2) is 12.1 Å².